The van der Waals surface area contributed by atoms with Crippen molar-refractivity contribution < 1.29 is 9.84 Å². The molecule has 0 aromatic heterocycles. The van der Waals surface area contributed by atoms with Crippen LogP contribution in [0.15, 0.2) is 18.2 Å². The lowest BCUT2D eigenvalue weighted by molar-refractivity contribution is 0.250. The van der Waals surface area contributed by atoms with Crippen LogP contribution in [0, 0.1) is 12.8 Å². The zero-order valence-electron chi connectivity index (χ0n) is 10.2. The van der Waals surface area contributed by atoms with E-state index >= 15 is 0 Å². The van der Waals surface area contributed by atoms with Crippen LogP contribution in [0.3, 0.4) is 0 Å². The molecule has 0 aliphatic heterocycles. The lowest BCUT2D eigenvalue weighted by Gasteiger charge is -2.11. The third-order valence-corrected chi connectivity index (χ3v) is 3.73. The van der Waals surface area contributed by atoms with E-state index in [9.17, 15) is 0 Å². The number of aliphatic hydroxyl groups is 1. The van der Waals surface area contributed by atoms with Crippen LogP contribution in [0.2, 0.25) is 0 Å². The highest BCUT2D eigenvalue weighted by Crippen LogP contribution is 2.25. The van der Waals surface area contributed by atoms with Crippen molar-refractivity contribution in [3.8, 4) is 5.75 Å². The molecule has 1 rings (SSSR count). The largest absolute Gasteiger partial charge is 0.496 e. The van der Waals surface area contributed by atoms with E-state index in [0.717, 1.165) is 17.3 Å². The van der Waals surface area contributed by atoms with Crippen LogP contribution in [0.4, 0.5) is 0 Å². The normalized spacial score (nSPS) is 12.5. The second kappa shape index (κ2) is 6.81. The zero-order valence-corrected chi connectivity index (χ0v) is 11.0. The summed E-state index contributed by atoms with van der Waals surface area (Å²) in [7, 11) is 1.70. The van der Waals surface area contributed by atoms with Gasteiger partial charge in [-0.15, -0.1) is 0 Å². The molecule has 1 unspecified atom stereocenters. The first-order valence-electron chi connectivity index (χ1n) is 5.49. The monoisotopic (exact) mass is 240 g/mol. The average Bonchev–Trinajstić information content (AvgIpc) is 2.29. The SMILES string of the molecule is COc1ccc(C)cc1CSCC(C)CO. The highest BCUT2D eigenvalue weighted by atomic mass is 32.2. The molecule has 0 heterocycles. The molecule has 0 saturated heterocycles. The highest BCUT2D eigenvalue weighted by molar-refractivity contribution is 7.98. The number of hydrogen-bond acceptors (Lipinski definition) is 3. The maximum atomic E-state index is 8.94. The smallest absolute Gasteiger partial charge is 0.122 e. The Kier molecular flexibility index (Phi) is 5.71. The number of aliphatic hydroxyl groups excluding tert-OH is 1. The predicted octanol–water partition coefficient (Wildman–Crippen LogP) is 2.87. The lowest BCUT2D eigenvalue weighted by atomic mass is 10.1. The Labute approximate surface area is 102 Å². The third-order valence-electron chi connectivity index (χ3n) is 2.41. The standard InChI is InChI=1S/C13H20O2S/c1-10-4-5-13(15-3)12(6-10)9-16-8-11(2)7-14/h4-6,11,14H,7-9H2,1-3H3. The van der Waals surface area contributed by atoms with Crippen LogP contribution in [-0.2, 0) is 5.75 Å². The van der Waals surface area contributed by atoms with Gasteiger partial charge in [0.05, 0.1) is 7.11 Å². The van der Waals surface area contributed by atoms with Crippen molar-refractivity contribution in [2.45, 2.75) is 19.6 Å². The Bertz CT molecular complexity index is 326. The van der Waals surface area contributed by atoms with Gasteiger partial charge in [0.15, 0.2) is 0 Å². The Morgan fingerprint density at radius 3 is 2.81 bits per heavy atom. The molecule has 0 aliphatic rings. The van der Waals surface area contributed by atoms with Crippen molar-refractivity contribution in [2.24, 2.45) is 5.92 Å². The van der Waals surface area contributed by atoms with Gasteiger partial charge in [-0.2, -0.15) is 11.8 Å². The fourth-order valence-corrected chi connectivity index (χ4v) is 2.51. The fourth-order valence-electron chi connectivity index (χ4n) is 1.44. The second-order valence-electron chi connectivity index (χ2n) is 4.12. The van der Waals surface area contributed by atoms with Gasteiger partial charge in [-0.25, -0.2) is 0 Å². The minimum absolute atomic E-state index is 0.262. The molecule has 0 spiro atoms. The van der Waals surface area contributed by atoms with E-state index in [1.807, 2.05) is 17.8 Å². The van der Waals surface area contributed by atoms with Gasteiger partial charge in [0.1, 0.15) is 5.75 Å². The van der Waals surface area contributed by atoms with E-state index in [4.69, 9.17) is 9.84 Å². The molecular weight excluding hydrogens is 220 g/mol. The topological polar surface area (TPSA) is 29.5 Å². The fraction of sp³-hybridized carbons (Fsp3) is 0.538. The van der Waals surface area contributed by atoms with Gasteiger partial charge in [0.2, 0.25) is 0 Å². The van der Waals surface area contributed by atoms with Crippen molar-refractivity contribution in [3.05, 3.63) is 29.3 Å². The van der Waals surface area contributed by atoms with Gasteiger partial charge in [-0.3, -0.25) is 0 Å². The summed E-state index contributed by atoms with van der Waals surface area (Å²) in [6.07, 6.45) is 0. The number of rotatable bonds is 6. The Morgan fingerprint density at radius 1 is 1.44 bits per heavy atom. The second-order valence-corrected chi connectivity index (χ2v) is 5.15. The highest BCUT2D eigenvalue weighted by Gasteiger charge is 2.05. The molecule has 3 heteroatoms. The van der Waals surface area contributed by atoms with E-state index in [-0.39, 0.29) is 6.61 Å². The van der Waals surface area contributed by atoms with E-state index in [1.54, 1.807) is 7.11 Å². The van der Waals surface area contributed by atoms with Crippen molar-refractivity contribution in [1.82, 2.24) is 0 Å². The molecule has 0 bridgehead atoms. The van der Waals surface area contributed by atoms with Gasteiger partial charge < -0.3 is 9.84 Å². The lowest BCUT2D eigenvalue weighted by Crippen LogP contribution is -2.03. The molecule has 16 heavy (non-hydrogen) atoms. The number of benzene rings is 1. The third kappa shape index (κ3) is 4.06. The molecule has 0 aliphatic carbocycles. The van der Waals surface area contributed by atoms with Crippen LogP contribution < -0.4 is 4.74 Å². The minimum atomic E-state index is 0.262. The van der Waals surface area contributed by atoms with Gasteiger partial charge in [0.25, 0.3) is 0 Å². The molecule has 1 N–H and O–H groups in total. The first-order chi connectivity index (χ1) is 7.67. The van der Waals surface area contributed by atoms with Crippen molar-refractivity contribution in [1.29, 1.82) is 0 Å². The molecule has 1 aromatic rings. The van der Waals surface area contributed by atoms with Crippen LogP contribution in [-0.4, -0.2) is 24.6 Å². The van der Waals surface area contributed by atoms with E-state index in [1.165, 1.54) is 11.1 Å². The Balaban J connectivity index is 2.55. The molecule has 0 radical (unpaired) electrons. The predicted molar refractivity (Wildman–Crippen MR) is 70.1 cm³/mol. The zero-order chi connectivity index (χ0) is 12.0. The van der Waals surface area contributed by atoms with Crippen LogP contribution >= 0.6 is 11.8 Å². The van der Waals surface area contributed by atoms with Gasteiger partial charge >= 0.3 is 0 Å². The summed E-state index contributed by atoms with van der Waals surface area (Å²) in [5.41, 5.74) is 2.49. The summed E-state index contributed by atoms with van der Waals surface area (Å²) in [4.78, 5) is 0. The van der Waals surface area contributed by atoms with E-state index < -0.39 is 0 Å². The van der Waals surface area contributed by atoms with Crippen LogP contribution in [0.25, 0.3) is 0 Å². The molecule has 90 valence electrons. The summed E-state index contributed by atoms with van der Waals surface area (Å²) in [6, 6.07) is 6.24. The number of aryl methyl sites for hydroxylation is 1. The first kappa shape index (κ1) is 13.4. The number of hydrogen-bond donors (Lipinski definition) is 1. The maximum Gasteiger partial charge on any atom is 0.122 e. The Hall–Kier alpha value is -0.670. The van der Waals surface area contributed by atoms with E-state index in [0.29, 0.717) is 5.92 Å². The molecule has 0 amide bonds. The van der Waals surface area contributed by atoms with Crippen molar-refractivity contribution in [2.75, 3.05) is 19.5 Å². The number of thioether (sulfide) groups is 1. The quantitative estimate of drug-likeness (QED) is 0.829. The minimum Gasteiger partial charge on any atom is -0.496 e. The average molecular weight is 240 g/mol. The van der Waals surface area contributed by atoms with Crippen LogP contribution in [0.1, 0.15) is 18.1 Å². The van der Waals surface area contributed by atoms with E-state index in [2.05, 4.69) is 26.0 Å². The van der Waals surface area contributed by atoms with Crippen molar-refractivity contribution in [3.63, 3.8) is 0 Å². The summed E-state index contributed by atoms with van der Waals surface area (Å²) in [5.74, 6) is 3.23. The summed E-state index contributed by atoms with van der Waals surface area (Å²) in [5, 5.41) is 8.94. The Morgan fingerprint density at radius 2 is 2.19 bits per heavy atom. The van der Waals surface area contributed by atoms with Crippen LogP contribution in [0.5, 0.6) is 5.75 Å². The molecule has 1 atom stereocenters. The maximum absolute atomic E-state index is 8.94. The molecular formula is C13H20O2S. The van der Waals surface area contributed by atoms with Gasteiger partial charge in [-0.1, -0.05) is 24.6 Å². The number of ether oxygens (including phenoxy) is 1. The van der Waals surface area contributed by atoms with Gasteiger partial charge in [0, 0.05) is 17.9 Å². The van der Waals surface area contributed by atoms with Gasteiger partial charge in [-0.05, 0) is 24.7 Å². The molecule has 2 nitrogen and oxygen atoms in total. The molecule has 1 aromatic carbocycles. The first-order valence-corrected chi connectivity index (χ1v) is 6.65. The summed E-state index contributed by atoms with van der Waals surface area (Å²) < 4.78 is 5.32. The van der Waals surface area contributed by atoms with Crippen molar-refractivity contribution >= 4 is 11.8 Å². The molecule has 0 fully saturated rings. The molecule has 0 saturated carbocycles. The number of methoxy groups -OCH3 is 1. The summed E-state index contributed by atoms with van der Waals surface area (Å²) >= 11 is 1.84. The summed E-state index contributed by atoms with van der Waals surface area (Å²) in [6.45, 7) is 4.41.